The molecule has 3 aromatic carbocycles. The van der Waals surface area contributed by atoms with Crippen molar-refractivity contribution in [2.45, 2.75) is 19.8 Å². The van der Waals surface area contributed by atoms with Gasteiger partial charge < -0.3 is 15.5 Å². The van der Waals surface area contributed by atoms with Gasteiger partial charge in [0.15, 0.2) is 0 Å². The molecule has 30 heavy (non-hydrogen) atoms. The van der Waals surface area contributed by atoms with Crippen molar-refractivity contribution in [3.8, 4) is 0 Å². The summed E-state index contributed by atoms with van der Waals surface area (Å²) in [4.78, 5) is 27.4. The van der Waals surface area contributed by atoms with Gasteiger partial charge in [0.25, 0.3) is 11.8 Å². The third-order valence-electron chi connectivity index (χ3n) is 5.40. The third kappa shape index (κ3) is 4.51. The van der Waals surface area contributed by atoms with Crippen molar-refractivity contribution in [2.24, 2.45) is 0 Å². The minimum Gasteiger partial charge on any atom is -0.372 e. The van der Waals surface area contributed by atoms with Crippen molar-refractivity contribution in [1.29, 1.82) is 0 Å². The lowest BCUT2D eigenvalue weighted by molar-refractivity contribution is 0.101. The molecule has 0 aliphatic carbocycles. The molecular formula is C25H25N3O2. The lowest BCUT2D eigenvalue weighted by Crippen LogP contribution is -2.17. The van der Waals surface area contributed by atoms with Gasteiger partial charge in [0.1, 0.15) is 0 Å². The van der Waals surface area contributed by atoms with Crippen LogP contribution >= 0.6 is 0 Å². The van der Waals surface area contributed by atoms with Crippen LogP contribution in [0.1, 0.15) is 39.1 Å². The molecule has 1 heterocycles. The Hall–Kier alpha value is -3.60. The van der Waals surface area contributed by atoms with Gasteiger partial charge in [-0.15, -0.1) is 0 Å². The van der Waals surface area contributed by atoms with Crippen molar-refractivity contribution < 1.29 is 9.59 Å². The summed E-state index contributed by atoms with van der Waals surface area (Å²) in [6.07, 6.45) is 2.47. The van der Waals surface area contributed by atoms with Crippen LogP contribution in [0.5, 0.6) is 0 Å². The number of hydrogen-bond acceptors (Lipinski definition) is 3. The molecule has 2 N–H and O–H groups in total. The van der Waals surface area contributed by atoms with Gasteiger partial charge in [-0.25, -0.2) is 0 Å². The van der Waals surface area contributed by atoms with Gasteiger partial charge in [0.05, 0.1) is 0 Å². The number of amides is 2. The molecular weight excluding hydrogens is 374 g/mol. The van der Waals surface area contributed by atoms with E-state index in [2.05, 4.69) is 15.5 Å². The van der Waals surface area contributed by atoms with Crippen molar-refractivity contribution >= 4 is 28.9 Å². The molecule has 0 radical (unpaired) electrons. The van der Waals surface area contributed by atoms with Crippen LogP contribution in [0.15, 0.2) is 72.8 Å². The maximum Gasteiger partial charge on any atom is 0.255 e. The largest absolute Gasteiger partial charge is 0.372 e. The number of hydrogen-bond donors (Lipinski definition) is 2. The molecule has 0 bridgehead atoms. The Morgan fingerprint density at radius 3 is 1.90 bits per heavy atom. The highest BCUT2D eigenvalue weighted by molar-refractivity contribution is 6.07. The van der Waals surface area contributed by atoms with E-state index < -0.39 is 0 Å². The summed E-state index contributed by atoms with van der Waals surface area (Å²) in [5, 5.41) is 5.81. The zero-order valence-corrected chi connectivity index (χ0v) is 17.0. The van der Waals surface area contributed by atoms with E-state index in [4.69, 9.17) is 0 Å². The molecule has 3 aromatic rings. The molecule has 1 saturated heterocycles. The second-order valence-corrected chi connectivity index (χ2v) is 7.54. The van der Waals surface area contributed by atoms with Crippen molar-refractivity contribution in [3.63, 3.8) is 0 Å². The van der Waals surface area contributed by atoms with Crippen LogP contribution in [0.4, 0.5) is 17.1 Å². The lowest BCUT2D eigenvalue weighted by atomic mass is 10.1. The monoisotopic (exact) mass is 399 g/mol. The van der Waals surface area contributed by atoms with Crippen LogP contribution in [-0.4, -0.2) is 24.9 Å². The molecule has 0 spiro atoms. The average molecular weight is 399 g/mol. The zero-order chi connectivity index (χ0) is 20.9. The van der Waals surface area contributed by atoms with E-state index in [0.29, 0.717) is 11.1 Å². The summed E-state index contributed by atoms with van der Waals surface area (Å²) in [6, 6.07) is 22.2. The van der Waals surface area contributed by atoms with Crippen LogP contribution in [-0.2, 0) is 0 Å². The van der Waals surface area contributed by atoms with E-state index in [9.17, 15) is 9.59 Å². The van der Waals surface area contributed by atoms with Gasteiger partial charge in [0, 0.05) is 41.3 Å². The van der Waals surface area contributed by atoms with E-state index in [-0.39, 0.29) is 11.8 Å². The summed E-state index contributed by atoms with van der Waals surface area (Å²) in [5.74, 6) is -0.399. The predicted octanol–water partition coefficient (Wildman–Crippen LogP) is 5.10. The Balaban J connectivity index is 1.38. The third-order valence-corrected chi connectivity index (χ3v) is 5.40. The zero-order valence-electron chi connectivity index (χ0n) is 17.0. The minimum absolute atomic E-state index is 0.199. The Morgan fingerprint density at radius 2 is 1.30 bits per heavy atom. The van der Waals surface area contributed by atoms with Gasteiger partial charge in [-0.1, -0.05) is 18.2 Å². The fourth-order valence-corrected chi connectivity index (χ4v) is 3.61. The van der Waals surface area contributed by atoms with Crippen molar-refractivity contribution in [3.05, 3.63) is 89.5 Å². The first-order chi connectivity index (χ1) is 14.6. The molecule has 0 saturated carbocycles. The summed E-state index contributed by atoms with van der Waals surface area (Å²) in [6.45, 7) is 4.13. The lowest BCUT2D eigenvalue weighted by Gasteiger charge is -2.17. The quantitative estimate of drug-likeness (QED) is 0.627. The van der Waals surface area contributed by atoms with Crippen LogP contribution in [0.3, 0.4) is 0 Å². The smallest absolute Gasteiger partial charge is 0.255 e. The number of anilines is 3. The topological polar surface area (TPSA) is 61.4 Å². The number of para-hydroxylation sites is 1. The molecule has 0 atom stereocenters. The highest BCUT2D eigenvalue weighted by atomic mass is 16.2. The number of benzene rings is 3. The van der Waals surface area contributed by atoms with Gasteiger partial charge in [0.2, 0.25) is 0 Å². The fraction of sp³-hybridized carbons (Fsp3) is 0.200. The maximum atomic E-state index is 12.5. The Morgan fingerprint density at radius 1 is 0.733 bits per heavy atom. The van der Waals surface area contributed by atoms with Crippen LogP contribution < -0.4 is 15.5 Å². The molecule has 1 aliphatic heterocycles. The predicted molar refractivity (Wildman–Crippen MR) is 121 cm³/mol. The Labute approximate surface area is 176 Å². The second-order valence-electron chi connectivity index (χ2n) is 7.54. The summed E-state index contributed by atoms with van der Waals surface area (Å²) < 4.78 is 0. The molecule has 2 amide bonds. The van der Waals surface area contributed by atoms with E-state index >= 15 is 0 Å². The number of rotatable bonds is 5. The molecule has 0 aromatic heterocycles. The standard InChI is InChI=1S/C25H25N3O2/c1-18-6-2-3-7-23(18)27-25(30)20-10-8-19(9-11-20)24(29)26-21-12-14-22(15-13-21)28-16-4-5-17-28/h2-3,6-15H,4-5,16-17H2,1H3,(H,26,29)(H,27,30). The van der Waals surface area contributed by atoms with Gasteiger partial charge in [-0.3, -0.25) is 9.59 Å². The van der Waals surface area contributed by atoms with Gasteiger partial charge >= 0.3 is 0 Å². The number of nitrogens with zero attached hydrogens (tertiary/aromatic N) is 1. The molecule has 1 aliphatic rings. The van der Waals surface area contributed by atoms with E-state index in [1.165, 1.54) is 18.5 Å². The van der Waals surface area contributed by atoms with Crippen LogP contribution in [0.25, 0.3) is 0 Å². The van der Waals surface area contributed by atoms with Crippen LogP contribution in [0.2, 0.25) is 0 Å². The number of carbonyl (C=O) groups is 2. The Bertz CT molecular complexity index is 1040. The first-order valence-electron chi connectivity index (χ1n) is 10.2. The number of nitrogens with one attached hydrogen (secondary N) is 2. The minimum atomic E-state index is -0.200. The first kappa shape index (κ1) is 19.7. The van der Waals surface area contributed by atoms with E-state index in [1.54, 1.807) is 24.3 Å². The van der Waals surface area contributed by atoms with Crippen molar-refractivity contribution in [1.82, 2.24) is 0 Å². The molecule has 0 unspecified atom stereocenters. The molecule has 5 heteroatoms. The first-order valence-corrected chi connectivity index (χ1v) is 10.2. The second kappa shape index (κ2) is 8.82. The Kier molecular flexibility index (Phi) is 5.80. The fourth-order valence-electron chi connectivity index (χ4n) is 3.61. The summed E-state index contributed by atoms with van der Waals surface area (Å²) in [7, 11) is 0. The highest BCUT2D eigenvalue weighted by Crippen LogP contribution is 2.22. The van der Waals surface area contributed by atoms with Gasteiger partial charge in [-0.05, 0) is 79.9 Å². The van der Waals surface area contributed by atoms with E-state index in [1.807, 2.05) is 55.5 Å². The molecule has 152 valence electrons. The summed E-state index contributed by atoms with van der Waals surface area (Å²) in [5.41, 5.74) is 4.73. The van der Waals surface area contributed by atoms with E-state index in [0.717, 1.165) is 30.0 Å². The SMILES string of the molecule is Cc1ccccc1NC(=O)c1ccc(C(=O)Nc2ccc(N3CCCC3)cc2)cc1. The maximum absolute atomic E-state index is 12.5. The molecule has 5 nitrogen and oxygen atoms in total. The molecule has 4 rings (SSSR count). The molecule has 1 fully saturated rings. The van der Waals surface area contributed by atoms with Crippen molar-refractivity contribution in [2.75, 3.05) is 28.6 Å². The van der Waals surface area contributed by atoms with Gasteiger partial charge in [-0.2, -0.15) is 0 Å². The normalized spacial score (nSPS) is 13.2. The van der Waals surface area contributed by atoms with Crippen LogP contribution in [0, 0.1) is 6.92 Å². The summed E-state index contributed by atoms with van der Waals surface area (Å²) >= 11 is 0. The number of aryl methyl sites for hydroxylation is 1. The average Bonchev–Trinajstić information content (AvgIpc) is 3.31. The highest BCUT2D eigenvalue weighted by Gasteiger charge is 2.13. The number of carbonyl (C=O) groups excluding carboxylic acids is 2.